The molecule has 4 nitrogen and oxygen atoms in total. The number of halogens is 1. The smallest absolute Gasteiger partial charge is 0.261 e. The van der Waals surface area contributed by atoms with Crippen LogP contribution >= 0.6 is 11.6 Å². The number of amides is 1. The Balaban J connectivity index is 1.74. The lowest BCUT2D eigenvalue weighted by Gasteiger charge is -2.27. The van der Waals surface area contributed by atoms with Gasteiger partial charge in [0.05, 0.1) is 5.56 Å². The Labute approximate surface area is 128 Å². The highest BCUT2D eigenvalue weighted by Crippen LogP contribution is 2.29. The molecule has 0 radical (unpaired) electrons. The summed E-state index contributed by atoms with van der Waals surface area (Å²) in [5.41, 5.74) is 3.36. The average molecular weight is 302 g/mol. The topological polar surface area (TPSA) is 38.1 Å². The van der Waals surface area contributed by atoms with Crippen LogP contribution in [0.5, 0.6) is 0 Å². The van der Waals surface area contributed by atoms with Crippen molar-refractivity contribution in [2.24, 2.45) is 0 Å². The minimum absolute atomic E-state index is 0.0490. The lowest BCUT2D eigenvalue weighted by Crippen LogP contribution is -2.38. The maximum atomic E-state index is 12.8. The number of rotatable bonds is 1. The molecule has 0 aliphatic carbocycles. The lowest BCUT2D eigenvalue weighted by molar-refractivity contribution is 0.0979. The van der Waals surface area contributed by atoms with Gasteiger partial charge in [-0.3, -0.25) is 9.69 Å². The zero-order valence-corrected chi connectivity index (χ0v) is 12.4. The highest BCUT2D eigenvalue weighted by atomic mass is 35.5. The second-order valence-electron chi connectivity index (χ2n) is 5.64. The van der Waals surface area contributed by atoms with Gasteiger partial charge in [-0.25, -0.2) is 4.98 Å². The van der Waals surface area contributed by atoms with Gasteiger partial charge in [0, 0.05) is 42.1 Å². The summed E-state index contributed by atoms with van der Waals surface area (Å²) in [7, 11) is 0. The van der Waals surface area contributed by atoms with Gasteiger partial charge in [-0.15, -0.1) is 0 Å². The third-order valence-corrected chi connectivity index (χ3v) is 4.63. The standard InChI is InChI=1S/C16H16ClN3O/c17-11-4-6-18-15(9-11)20-8-5-14-13(16(20)21)10-12-3-1-2-7-19(12)14/h4,6,9-10H,1-3,5,7-8H2. The van der Waals surface area contributed by atoms with Gasteiger partial charge in [0.25, 0.3) is 5.91 Å². The van der Waals surface area contributed by atoms with Crippen molar-refractivity contribution < 1.29 is 4.79 Å². The van der Waals surface area contributed by atoms with E-state index in [0.717, 1.165) is 24.9 Å². The number of carbonyl (C=O) groups is 1. The van der Waals surface area contributed by atoms with Crippen LogP contribution in [-0.4, -0.2) is 22.0 Å². The molecule has 21 heavy (non-hydrogen) atoms. The molecule has 0 saturated carbocycles. The number of anilines is 1. The molecule has 0 atom stereocenters. The van der Waals surface area contributed by atoms with Gasteiger partial charge in [0.15, 0.2) is 0 Å². The van der Waals surface area contributed by atoms with E-state index in [-0.39, 0.29) is 5.91 Å². The Hall–Kier alpha value is -1.81. The van der Waals surface area contributed by atoms with Crippen LogP contribution in [0.1, 0.15) is 34.6 Å². The Kier molecular flexibility index (Phi) is 3.00. The summed E-state index contributed by atoms with van der Waals surface area (Å²) < 4.78 is 2.35. The van der Waals surface area contributed by atoms with Crippen molar-refractivity contribution in [2.75, 3.05) is 11.4 Å². The summed E-state index contributed by atoms with van der Waals surface area (Å²) in [4.78, 5) is 18.8. The van der Waals surface area contributed by atoms with Crippen molar-refractivity contribution in [3.63, 3.8) is 0 Å². The molecular weight excluding hydrogens is 286 g/mol. The largest absolute Gasteiger partial charge is 0.348 e. The molecule has 2 aliphatic heterocycles. The number of pyridine rings is 1. The predicted octanol–water partition coefficient (Wildman–Crippen LogP) is 3.08. The van der Waals surface area contributed by atoms with Crippen LogP contribution in [0.3, 0.4) is 0 Å². The fourth-order valence-electron chi connectivity index (χ4n) is 3.39. The quantitative estimate of drug-likeness (QED) is 0.812. The van der Waals surface area contributed by atoms with Crippen LogP contribution in [0.25, 0.3) is 0 Å². The Morgan fingerprint density at radius 1 is 1.14 bits per heavy atom. The van der Waals surface area contributed by atoms with Gasteiger partial charge in [-0.2, -0.15) is 0 Å². The SMILES string of the molecule is O=C1c2cc3n(c2CCN1c1cc(Cl)ccn1)CCCC3. The molecule has 0 saturated heterocycles. The van der Waals surface area contributed by atoms with E-state index in [1.165, 1.54) is 24.2 Å². The van der Waals surface area contributed by atoms with E-state index in [1.807, 2.05) is 0 Å². The molecule has 2 aliphatic rings. The van der Waals surface area contributed by atoms with Gasteiger partial charge < -0.3 is 4.57 Å². The van der Waals surface area contributed by atoms with Gasteiger partial charge in [0.1, 0.15) is 5.82 Å². The molecule has 0 bridgehead atoms. The third kappa shape index (κ3) is 2.05. The summed E-state index contributed by atoms with van der Waals surface area (Å²) in [6.45, 7) is 1.72. The highest BCUT2D eigenvalue weighted by Gasteiger charge is 2.31. The summed E-state index contributed by atoms with van der Waals surface area (Å²) in [5, 5.41) is 0.606. The summed E-state index contributed by atoms with van der Waals surface area (Å²) in [6, 6.07) is 5.55. The van der Waals surface area contributed by atoms with Crippen LogP contribution in [-0.2, 0) is 19.4 Å². The van der Waals surface area contributed by atoms with Crippen molar-refractivity contribution in [2.45, 2.75) is 32.2 Å². The van der Waals surface area contributed by atoms with Crippen molar-refractivity contribution in [1.29, 1.82) is 0 Å². The molecule has 2 aromatic rings. The van der Waals surface area contributed by atoms with Gasteiger partial charge >= 0.3 is 0 Å². The number of nitrogens with zero attached hydrogens (tertiary/aromatic N) is 3. The first kappa shape index (κ1) is 12.9. The maximum Gasteiger partial charge on any atom is 0.261 e. The molecule has 4 heterocycles. The monoisotopic (exact) mass is 301 g/mol. The van der Waals surface area contributed by atoms with Crippen LogP contribution in [0.2, 0.25) is 5.02 Å². The van der Waals surface area contributed by atoms with Crippen LogP contribution in [0.4, 0.5) is 5.82 Å². The molecule has 5 heteroatoms. The summed E-state index contributed by atoms with van der Waals surface area (Å²) >= 11 is 6.01. The Morgan fingerprint density at radius 3 is 2.90 bits per heavy atom. The molecule has 108 valence electrons. The lowest BCUT2D eigenvalue weighted by atomic mass is 10.1. The van der Waals surface area contributed by atoms with E-state index < -0.39 is 0 Å². The number of carbonyl (C=O) groups excluding carboxylic acids is 1. The number of aryl methyl sites for hydroxylation is 1. The first-order valence-corrected chi connectivity index (χ1v) is 7.76. The second-order valence-corrected chi connectivity index (χ2v) is 6.08. The zero-order chi connectivity index (χ0) is 14.4. The van der Waals surface area contributed by atoms with Crippen molar-refractivity contribution in [1.82, 2.24) is 9.55 Å². The molecule has 4 rings (SSSR count). The first-order valence-electron chi connectivity index (χ1n) is 7.39. The minimum atomic E-state index is 0.0490. The van der Waals surface area contributed by atoms with E-state index in [1.54, 1.807) is 23.2 Å². The van der Waals surface area contributed by atoms with Gasteiger partial charge in [-0.05, 0) is 37.5 Å². The molecule has 0 fully saturated rings. The van der Waals surface area contributed by atoms with Gasteiger partial charge in [-0.1, -0.05) is 11.6 Å². The number of aromatic nitrogens is 2. The summed E-state index contributed by atoms with van der Waals surface area (Å²) in [5.74, 6) is 0.690. The molecule has 0 spiro atoms. The molecule has 0 aromatic carbocycles. The second kappa shape index (κ2) is 4.88. The van der Waals surface area contributed by atoms with E-state index in [2.05, 4.69) is 15.6 Å². The number of fused-ring (bicyclic) bond motifs is 3. The summed E-state index contributed by atoms with van der Waals surface area (Å²) in [6.07, 6.45) is 6.04. The van der Waals surface area contributed by atoms with Crippen molar-refractivity contribution in [3.05, 3.63) is 46.4 Å². The van der Waals surface area contributed by atoms with E-state index in [9.17, 15) is 4.79 Å². The Bertz CT molecular complexity index is 722. The van der Waals surface area contributed by atoms with Crippen LogP contribution in [0, 0.1) is 0 Å². The van der Waals surface area contributed by atoms with E-state index in [0.29, 0.717) is 17.4 Å². The zero-order valence-electron chi connectivity index (χ0n) is 11.7. The minimum Gasteiger partial charge on any atom is -0.348 e. The fourth-order valence-corrected chi connectivity index (χ4v) is 3.54. The number of hydrogen-bond acceptors (Lipinski definition) is 2. The fraction of sp³-hybridized carbons (Fsp3) is 0.375. The first-order chi connectivity index (χ1) is 10.2. The molecule has 1 amide bonds. The molecule has 0 unspecified atom stereocenters. The molecular formula is C16H16ClN3O. The number of hydrogen-bond donors (Lipinski definition) is 0. The van der Waals surface area contributed by atoms with Gasteiger partial charge in [0.2, 0.25) is 0 Å². The van der Waals surface area contributed by atoms with Crippen molar-refractivity contribution >= 4 is 23.3 Å². The predicted molar refractivity (Wildman–Crippen MR) is 82.0 cm³/mol. The van der Waals surface area contributed by atoms with E-state index >= 15 is 0 Å². The van der Waals surface area contributed by atoms with Crippen molar-refractivity contribution in [3.8, 4) is 0 Å². The molecule has 0 N–H and O–H groups in total. The van der Waals surface area contributed by atoms with E-state index in [4.69, 9.17) is 11.6 Å². The molecule has 2 aromatic heterocycles. The van der Waals surface area contributed by atoms with Crippen LogP contribution < -0.4 is 4.90 Å². The highest BCUT2D eigenvalue weighted by molar-refractivity contribution is 6.30. The third-order valence-electron chi connectivity index (χ3n) is 4.39. The maximum absolute atomic E-state index is 12.8. The normalized spacial score (nSPS) is 17.6. The average Bonchev–Trinajstić information content (AvgIpc) is 2.87. The Morgan fingerprint density at radius 2 is 2.05 bits per heavy atom. The van der Waals surface area contributed by atoms with Crippen LogP contribution in [0.15, 0.2) is 24.4 Å².